The van der Waals surface area contributed by atoms with Crippen molar-refractivity contribution in [2.75, 3.05) is 6.61 Å². The zero-order chi connectivity index (χ0) is 11.3. The Morgan fingerprint density at radius 2 is 2.00 bits per heavy atom. The average Bonchev–Trinajstić information content (AvgIpc) is 2.19. The molecule has 1 N–H and O–H groups in total. The van der Waals surface area contributed by atoms with Crippen molar-refractivity contribution < 1.29 is 4.74 Å². The highest BCUT2D eigenvalue weighted by Crippen LogP contribution is 2.18. The van der Waals surface area contributed by atoms with Gasteiger partial charge in [-0.25, -0.2) is 0 Å². The molecule has 2 nitrogen and oxygen atoms in total. The Balaban J connectivity index is 2.32. The topological polar surface area (TPSA) is 21.3 Å². The van der Waals surface area contributed by atoms with Crippen molar-refractivity contribution in [1.82, 2.24) is 5.32 Å². The van der Waals surface area contributed by atoms with Crippen molar-refractivity contribution in [1.29, 1.82) is 0 Å². The molecule has 0 spiro atoms. The number of nitrogens with one attached hydrogen (secondary N) is 1. The molecule has 2 heteroatoms. The normalized spacial score (nSPS) is 29.4. The first-order valence-corrected chi connectivity index (χ1v) is 6.55. The zero-order valence-electron chi connectivity index (χ0n) is 10.8. The lowest BCUT2D eigenvalue weighted by Gasteiger charge is -2.33. The molecule has 0 radical (unpaired) electrons. The van der Waals surface area contributed by atoms with Crippen LogP contribution in [0.3, 0.4) is 0 Å². The van der Waals surface area contributed by atoms with E-state index >= 15 is 0 Å². The lowest BCUT2D eigenvalue weighted by Crippen LogP contribution is -2.45. The van der Waals surface area contributed by atoms with Crippen LogP contribution in [0.25, 0.3) is 0 Å². The molecule has 0 bridgehead atoms. The van der Waals surface area contributed by atoms with Crippen LogP contribution in [0, 0.1) is 5.92 Å². The summed E-state index contributed by atoms with van der Waals surface area (Å²) in [4.78, 5) is 0. The molecule has 1 fully saturated rings. The largest absolute Gasteiger partial charge is 0.378 e. The molecule has 0 aromatic carbocycles. The number of hydrogen-bond acceptors (Lipinski definition) is 2. The highest BCUT2D eigenvalue weighted by Gasteiger charge is 2.22. The molecule has 0 aromatic rings. The van der Waals surface area contributed by atoms with E-state index in [0.717, 1.165) is 12.5 Å². The maximum Gasteiger partial charge on any atom is 0.0561 e. The standard InChI is InChI=1S/C13H27NO/c1-5-12(6-2)11(4)14-13-7-8-15-10(3)9-13/h10-14H,5-9H2,1-4H3. The second-order valence-electron chi connectivity index (χ2n) is 4.93. The van der Waals surface area contributed by atoms with Gasteiger partial charge in [-0.1, -0.05) is 26.7 Å². The summed E-state index contributed by atoms with van der Waals surface area (Å²) >= 11 is 0. The van der Waals surface area contributed by atoms with Gasteiger partial charge in [-0.05, 0) is 32.6 Å². The molecule has 1 rings (SSSR count). The molecule has 3 unspecified atom stereocenters. The summed E-state index contributed by atoms with van der Waals surface area (Å²) in [6, 6.07) is 1.32. The van der Waals surface area contributed by atoms with Gasteiger partial charge in [-0.15, -0.1) is 0 Å². The van der Waals surface area contributed by atoms with Crippen LogP contribution in [-0.4, -0.2) is 24.8 Å². The molecule has 0 saturated carbocycles. The van der Waals surface area contributed by atoms with Crippen LogP contribution >= 0.6 is 0 Å². The Hall–Kier alpha value is -0.0800. The van der Waals surface area contributed by atoms with E-state index in [2.05, 4.69) is 33.0 Å². The minimum atomic E-state index is 0.435. The molecule has 3 atom stereocenters. The second kappa shape index (κ2) is 6.49. The van der Waals surface area contributed by atoms with Crippen molar-refractivity contribution in [3.63, 3.8) is 0 Å². The highest BCUT2D eigenvalue weighted by molar-refractivity contribution is 4.80. The van der Waals surface area contributed by atoms with E-state index in [0.29, 0.717) is 18.2 Å². The van der Waals surface area contributed by atoms with Crippen LogP contribution in [0.4, 0.5) is 0 Å². The highest BCUT2D eigenvalue weighted by atomic mass is 16.5. The fourth-order valence-corrected chi connectivity index (χ4v) is 2.65. The van der Waals surface area contributed by atoms with Gasteiger partial charge in [0.2, 0.25) is 0 Å². The fourth-order valence-electron chi connectivity index (χ4n) is 2.65. The summed E-state index contributed by atoms with van der Waals surface area (Å²) in [6.07, 6.45) is 5.34. The summed E-state index contributed by atoms with van der Waals surface area (Å²) < 4.78 is 5.56. The third-order valence-electron chi connectivity index (χ3n) is 3.74. The van der Waals surface area contributed by atoms with Crippen LogP contribution in [-0.2, 0) is 4.74 Å². The van der Waals surface area contributed by atoms with E-state index in [1.807, 2.05) is 0 Å². The molecular weight excluding hydrogens is 186 g/mol. The van der Waals surface area contributed by atoms with Gasteiger partial charge in [0.25, 0.3) is 0 Å². The third-order valence-corrected chi connectivity index (χ3v) is 3.74. The van der Waals surface area contributed by atoms with Gasteiger partial charge in [0.15, 0.2) is 0 Å². The van der Waals surface area contributed by atoms with Gasteiger partial charge in [0, 0.05) is 18.7 Å². The maximum atomic E-state index is 5.56. The summed E-state index contributed by atoms with van der Waals surface area (Å²) in [5.41, 5.74) is 0. The molecule has 0 aliphatic carbocycles. The molecule has 1 heterocycles. The smallest absolute Gasteiger partial charge is 0.0561 e. The molecule has 1 aliphatic heterocycles. The van der Waals surface area contributed by atoms with Gasteiger partial charge in [-0.2, -0.15) is 0 Å². The molecule has 0 aromatic heterocycles. The van der Waals surface area contributed by atoms with E-state index in [9.17, 15) is 0 Å². The van der Waals surface area contributed by atoms with E-state index in [1.54, 1.807) is 0 Å². The molecule has 0 amide bonds. The first kappa shape index (κ1) is 13.0. The first-order chi connectivity index (χ1) is 7.17. The fraction of sp³-hybridized carbons (Fsp3) is 1.00. The molecule has 1 saturated heterocycles. The van der Waals surface area contributed by atoms with Gasteiger partial charge < -0.3 is 10.1 Å². The van der Waals surface area contributed by atoms with E-state index < -0.39 is 0 Å². The van der Waals surface area contributed by atoms with E-state index in [1.165, 1.54) is 25.7 Å². The van der Waals surface area contributed by atoms with E-state index in [-0.39, 0.29) is 0 Å². The Kier molecular flexibility index (Phi) is 5.62. The Labute approximate surface area is 94.8 Å². The Morgan fingerprint density at radius 1 is 1.33 bits per heavy atom. The van der Waals surface area contributed by atoms with Gasteiger partial charge in [0.1, 0.15) is 0 Å². The average molecular weight is 213 g/mol. The summed E-state index contributed by atoms with van der Waals surface area (Å²) in [7, 11) is 0. The monoisotopic (exact) mass is 213 g/mol. The van der Waals surface area contributed by atoms with Crippen LogP contribution in [0.5, 0.6) is 0 Å². The van der Waals surface area contributed by atoms with Gasteiger partial charge in [0.05, 0.1) is 6.10 Å². The molecule has 1 aliphatic rings. The van der Waals surface area contributed by atoms with Crippen molar-refractivity contribution in [2.45, 2.75) is 71.6 Å². The second-order valence-corrected chi connectivity index (χ2v) is 4.93. The van der Waals surface area contributed by atoms with Crippen LogP contribution in [0.1, 0.15) is 53.4 Å². The summed E-state index contributed by atoms with van der Waals surface area (Å²) in [5.74, 6) is 0.822. The third kappa shape index (κ3) is 4.12. The Bertz CT molecular complexity index is 168. The van der Waals surface area contributed by atoms with Crippen molar-refractivity contribution in [2.24, 2.45) is 5.92 Å². The van der Waals surface area contributed by atoms with E-state index in [4.69, 9.17) is 4.74 Å². The van der Waals surface area contributed by atoms with Gasteiger partial charge in [-0.3, -0.25) is 0 Å². The van der Waals surface area contributed by atoms with Crippen molar-refractivity contribution in [3.05, 3.63) is 0 Å². The first-order valence-electron chi connectivity index (χ1n) is 6.55. The van der Waals surface area contributed by atoms with Crippen molar-refractivity contribution >= 4 is 0 Å². The SMILES string of the molecule is CCC(CC)C(C)NC1CCOC(C)C1. The maximum absolute atomic E-state index is 5.56. The molecule has 90 valence electrons. The summed E-state index contributed by atoms with van der Waals surface area (Å²) in [6.45, 7) is 10.0. The quantitative estimate of drug-likeness (QED) is 0.758. The predicted octanol–water partition coefficient (Wildman–Crippen LogP) is 2.97. The number of rotatable bonds is 5. The number of ether oxygens (including phenoxy) is 1. The Morgan fingerprint density at radius 3 is 2.53 bits per heavy atom. The lowest BCUT2D eigenvalue weighted by molar-refractivity contribution is 0.0101. The molecule has 15 heavy (non-hydrogen) atoms. The molecular formula is C13H27NO. The minimum absolute atomic E-state index is 0.435. The predicted molar refractivity (Wildman–Crippen MR) is 65.1 cm³/mol. The van der Waals surface area contributed by atoms with Crippen molar-refractivity contribution in [3.8, 4) is 0 Å². The van der Waals surface area contributed by atoms with Crippen LogP contribution in [0.2, 0.25) is 0 Å². The lowest BCUT2D eigenvalue weighted by atomic mass is 9.93. The number of hydrogen-bond donors (Lipinski definition) is 1. The van der Waals surface area contributed by atoms with Gasteiger partial charge >= 0.3 is 0 Å². The van der Waals surface area contributed by atoms with Crippen LogP contribution < -0.4 is 5.32 Å². The minimum Gasteiger partial charge on any atom is -0.378 e. The zero-order valence-corrected chi connectivity index (χ0v) is 10.8. The van der Waals surface area contributed by atoms with Crippen LogP contribution in [0.15, 0.2) is 0 Å². The summed E-state index contributed by atoms with van der Waals surface area (Å²) in [5, 5.41) is 3.77.